The zero-order valence-corrected chi connectivity index (χ0v) is 10.9. The number of nitrogens with two attached hydrogens (primary N) is 1. The van der Waals surface area contributed by atoms with Gasteiger partial charge in [0.05, 0.1) is 5.69 Å². The van der Waals surface area contributed by atoms with Crippen molar-refractivity contribution < 1.29 is 0 Å². The third kappa shape index (κ3) is 2.93. The molecule has 13 heavy (non-hydrogen) atoms. The first-order chi connectivity index (χ1) is 6.00. The predicted molar refractivity (Wildman–Crippen MR) is 67.0 cm³/mol. The number of nitrogens with one attached hydrogen (secondary N) is 1. The van der Waals surface area contributed by atoms with Crippen molar-refractivity contribution >= 4 is 54.9 Å². The van der Waals surface area contributed by atoms with E-state index in [1.165, 1.54) is 0 Å². The van der Waals surface area contributed by atoms with Gasteiger partial charge >= 0.3 is 0 Å². The smallest absolute Gasteiger partial charge is 0.168 e. The molecule has 1 rings (SSSR count). The van der Waals surface area contributed by atoms with Gasteiger partial charge in [0.2, 0.25) is 0 Å². The Hall–Kier alpha value is -0.130. The first-order valence-corrected chi connectivity index (χ1v) is 5.52. The molecule has 0 fully saturated rings. The molecule has 1 aromatic carbocycles. The van der Waals surface area contributed by atoms with Crippen LogP contribution in [0.15, 0.2) is 21.1 Å². The van der Waals surface area contributed by atoms with E-state index < -0.39 is 0 Å². The number of thiocarbonyl (C=S) groups is 1. The summed E-state index contributed by atoms with van der Waals surface area (Å²) in [5.74, 6) is 0. The van der Waals surface area contributed by atoms with Crippen molar-refractivity contribution in [3.63, 3.8) is 0 Å². The zero-order chi connectivity index (χ0) is 10.0. The molecule has 0 atom stereocenters. The second kappa shape index (κ2) is 4.39. The van der Waals surface area contributed by atoms with Crippen LogP contribution in [0.1, 0.15) is 5.56 Å². The first-order valence-electron chi connectivity index (χ1n) is 3.53. The van der Waals surface area contributed by atoms with E-state index >= 15 is 0 Å². The topological polar surface area (TPSA) is 38.0 Å². The highest BCUT2D eigenvalue weighted by Gasteiger charge is 2.05. The van der Waals surface area contributed by atoms with Gasteiger partial charge in [0.25, 0.3) is 0 Å². The summed E-state index contributed by atoms with van der Waals surface area (Å²) in [5.41, 5.74) is 7.38. The molecule has 2 nitrogen and oxygen atoms in total. The summed E-state index contributed by atoms with van der Waals surface area (Å²) in [7, 11) is 0. The minimum Gasteiger partial charge on any atom is -0.376 e. The van der Waals surface area contributed by atoms with E-state index in [2.05, 4.69) is 37.2 Å². The fourth-order valence-electron chi connectivity index (χ4n) is 0.984. The van der Waals surface area contributed by atoms with Crippen molar-refractivity contribution in [1.82, 2.24) is 0 Å². The lowest BCUT2D eigenvalue weighted by Gasteiger charge is -2.10. The Morgan fingerprint density at radius 2 is 2.08 bits per heavy atom. The van der Waals surface area contributed by atoms with Gasteiger partial charge in [0, 0.05) is 8.95 Å². The van der Waals surface area contributed by atoms with E-state index in [1.54, 1.807) is 0 Å². The average Bonchev–Trinajstić information content (AvgIpc) is 1.96. The highest BCUT2D eigenvalue weighted by atomic mass is 79.9. The summed E-state index contributed by atoms with van der Waals surface area (Å²) in [6.45, 7) is 1.98. The summed E-state index contributed by atoms with van der Waals surface area (Å²) in [4.78, 5) is 0. The summed E-state index contributed by atoms with van der Waals surface area (Å²) >= 11 is 11.6. The normalized spacial score (nSPS) is 9.77. The lowest BCUT2D eigenvalue weighted by molar-refractivity contribution is 1.41. The van der Waals surface area contributed by atoms with Gasteiger partial charge in [-0.25, -0.2) is 0 Å². The van der Waals surface area contributed by atoms with Crippen LogP contribution in [0.4, 0.5) is 5.69 Å². The molecule has 0 heterocycles. The molecule has 0 unspecified atom stereocenters. The van der Waals surface area contributed by atoms with Gasteiger partial charge in [-0.05, 0) is 52.8 Å². The van der Waals surface area contributed by atoms with Crippen LogP contribution in [-0.4, -0.2) is 5.11 Å². The number of hydrogen-bond acceptors (Lipinski definition) is 1. The van der Waals surface area contributed by atoms with Crippen LogP contribution in [0, 0.1) is 6.92 Å². The number of benzene rings is 1. The van der Waals surface area contributed by atoms with Crippen molar-refractivity contribution in [2.75, 3.05) is 5.32 Å². The Labute approximate surface area is 99.1 Å². The van der Waals surface area contributed by atoms with Gasteiger partial charge in [-0.15, -0.1) is 0 Å². The molecule has 5 heteroatoms. The van der Waals surface area contributed by atoms with Gasteiger partial charge in [-0.1, -0.05) is 15.9 Å². The lowest BCUT2D eigenvalue weighted by Crippen LogP contribution is -2.19. The molecule has 70 valence electrons. The number of aryl methyl sites for hydroxylation is 1. The molecule has 0 aliphatic carbocycles. The van der Waals surface area contributed by atoms with E-state index in [-0.39, 0.29) is 5.11 Å². The third-order valence-corrected chi connectivity index (χ3v) is 2.69. The summed E-state index contributed by atoms with van der Waals surface area (Å²) in [5, 5.41) is 3.18. The fraction of sp³-hybridized carbons (Fsp3) is 0.125. The van der Waals surface area contributed by atoms with E-state index in [4.69, 9.17) is 18.0 Å². The Bertz CT molecular complexity index is 329. The summed E-state index contributed by atoms with van der Waals surface area (Å²) < 4.78 is 1.96. The summed E-state index contributed by atoms with van der Waals surface area (Å²) in [6, 6.07) is 3.93. The fourth-order valence-corrected chi connectivity index (χ4v) is 2.62. The van der Waals surface area contributed by atoms with Gasteiger partial charge in [-0.2, -0.15) is 0 Å². The maximum absolute atomic E-state index is 5.39. The number of rotatable bonds is 1. The Kier molecular flexibility index (Phi) is 3.70. The van der Waals surface area contributed by atoms with Gasteiger partial charge in [-0.3, -0.25) is 0 Å². The summed E-state index contributed by atoms with van der Waals surface area (Å²) in [6.07, 6.45) is 0. The van der Waals surface area contributed by atoms with Gasteiger partial charge in [0.15, 0.2) is 5.11 Å². The second-order valence-corrected chi connectivity index (χ2v) is 4.78. The third-order valence-electron chi connectivity index (χ3n) is 1.50. The van der Waals surface area contributed by atoms with Crippen molar-refractivity contribution in [1.29, 1.82) is 0 Å². The predicted octanol–water partition coefficient (Wildman–Crippen LogP) is 3.18. The van der Waals surface area contributed by atoms with E-state index in [0.29, 0.717) is 0 Å². The Morgan fingerprint density at radius 3 is 2.54 bits per heavy atom. The van der Waals surface area contributed by atoms with Crippen LogP contribution in [0.25, 0.3) is 0 Å². The van der Waals surface area contributed by atoms with Crippen LogP contribution in [0.2, 0.25) is 0 Å². The molecule has 0 spiro atoms. The Balaban J connectivity index is 3.13. The minimum absolute atomic E-state index is 0.270. The highest BCUT2D eigenvalue weighted by Crippen LogP contribution is 2.29. The van der Waals surface area contributed by atoms with Crippen LogP contribution in [0.5, 0.6) is 0 Å². The van der Waals surface area contributed by atoms with Gasteiger partial charge < -0.3 is 11.1 Å². The van der Waals surface area contributed by atoms with Crippen LogP contribution in [-0.2, 0) is 0 Å². The molecule has 0 aromatic heterocycles. The van der Waals surface area contributed by atoms with Crippen LogP contribution < -0.4 is 11.1 Å². The van der Waals surface area contributed by atoms with Crippen LogP contribution in [0.3, 0.4) is 0 Å². The minimum atomic E-state index is 0.270. The molecule has 0 aliphatic heterocycles. The molecule has 0 amide bonds. The average molecular weight is 324 g/mol. The van der Waals surface area contributed by atoms with Gasteiger partial charge in [0.1, 0.15) is 0 Å². The van der Waals surface area contributed by atoms with E-state index in [0.717, 1.165) is 20.2 Å². The number of halogens is 2. The first kappa shape index (κ1) is 10.9. The molecule has 0 radical (unpaired) electrons. The van der Waals surface area contributed by atoms with Crippen molar-refractivity contribution in [3.8, 4) is 0 Å². The van der Waals surface area contributed by atoms with Crippen molar-refractivity contribution in [2.45, 2.75) is 6.92 Å². The number of hydrogen-bond donors (Lipinski definition) is 2. The zero-order valence-electron chi connectivity index (χ0n) is 6.90. The molecule has 1 aromatic rings. The monoisotopic (exact) mass is 322 g/mol. The second-order valence-electron chi connectivity index (χ2n) is 2.57. The maximum atomic E-state index is 5.39. The van der Waals surface area contributed by atoms with Crippen LogP contribution >= 0.6 is 44.1 Å². The number of anilines is 1. The molecule has 0 saturated carbocycles. The molecule has 0 bridgehead atoms. The van der Waals surface area contributed by atoms with Crippen molar-refractivity contribution in [2.24, 2.45) is 5.73 Å². The highest BCUT2D eigenvalue weighted by molar-refractivity contribution is 9.11. The van der Waals surface area contributed by atoms with Crippen molar-refractivity contribution in [3.05, 3.63) is 26.6 Å². The van der Waals surface area contributed by atoms with E-state index in [9.17, 15) is 0 Å². The SMILES string of the molecule is Cc1cc(Br)cc(Br)c1NC(N)=S. The lowest BCUT2D eigenvalue weighted by atomic mass is 10.2. The molecular weight excluding hydrogens is 316 g/mol. The van der Waals surface area contributed by atoms with E-state index in [1.807, 2.05) is 19.1 Å². The Morgan fingerprint density at radius 1 is 1.46 bits per heavy atom. The molecule has 0 saturated heterocycles. The largest absolute Gasteiger partial charge is 0.376 e. The molecule has 0 aliphatic rings. The maximum Gasteiger partial charge on any atom is 0.168 e. The quantitative estimate of drug-likeness (QED) is 0.780. The molecular formula is C8H8Br2N2S. The standard InChI is InChI=1S/C8H8Br2N2S/c1-4-2-5(9)3-6(10)7(4)12-8(11)13/h2-3H,1H3,(H3,11,12,13). The molecule has 3 N–H and O–H groups in total.